The number of nitrogens with one attached hydrogen (secondary N) is 1. The molecule has 0 fully saturated rings. The minimum absolute atomic E-state index is 0.353. The summed E-state index contributed by atoms with van der Waals surface area (Å²) in [7, 11) is 2.02. The zero-order chi connectivity index (χ0) is 14.7. The molecule has 0 aliphatic carbocycles. The molecule has 0 bridgehead atoms. The molecule has 20 heavy (non-hydrogen) atoms. The number of hydrogen-bond acceptors (Lipinski definition) is 3. The predicted molar refractivity (Wildman–Crippen MR) is 89.4 cm³/mol. The lowest BCUT2D eigenvalue weighted by molar-refractivity contribution is 0.533. The maximum absolute atomic E-state index is 4.53. The first-order valence-electron chi connectivity index (χ1n) is 7.00. The van der Waals surface area contributed by atoms with Crippen LogP contribution in [0.15, 0.2) is 15.9 Å². The maximum atomic E-state index is 4.53. The molecule has 110 valence electrons. The first kappa shape index (κ1) is 15.7. The van der Waals surface area contributed by atoms with E-state index in [4.69, 9.17) is 0 Å². The van der Waals surface area contributed by atoms with Crippen molar-refractivity contribution in [2.24, 2.45) is 7.05 Å². The lowest BCUT2D eigenvalue weighted by Gasteiger charge is -2.18. The van der Waals surface area contributed by atoms with E-state index in [0.29, 0.717) is 6.04 Å². The van der Waals surface area contributed by atoms with E-state index in [2.05, 4.69) is 58.6 Å². The zero-order valence-electron chi connectivity index (χ0n) is 12.5. The van der Waals surface area contributed by atoms with Crippen LogP contribution in [0, 0.1) is 13.8 Å². The van der Waals surface area contributed by atoms with Crippen LogP contribution in [-0.4, -0.2) is 16.3 Å². The summed E-state index contributed by atoms with van der Waals surface area (Å²) in [4.78, 5) is 1.38. The van der Waals surface area contributed by atoms with Crippen molar-refractivity contribution in [1.29, 1.82) is 0 Å². The highest BCUT2D eigenvalue weighted by Gasteiger charge is 2.20. The quantitative estimate of drug-likeness (QED) is 0.843. The third kappa shape index (κ3) is 3.32. The molecule has 0 radical (unpaired) electrons. The highest BCUT2D eigenvalue weighted by atomic mass is 79.9. The summed E-state index contributed by atoms with van der Waals surface area (Å²) in [6, 6.07) is 2.48. The molecule has 1 N–H and O–H groups in total. The second-order valence-corrected chi connectivity index (χ2v) is 6.92. The average molecular weight is 356 g/mol. The average Bonchev–Trinajstić information content (AvgIpc) is 2.93. The fraction of sp³-hybridized carbons (Fsp3) is 0.533. The molecule has 5 heteroatoms. The van der Waals surface area contributed by atoms with Crippen molar-refractivity contribution < 1.29 is 0 Å². The van der Waals surface area contributed by atoms with E-state index in [9.17, 15) is 0 Å². The van der Waals surface area contributed by atoms with Crippen LogP contribution >= 0.6 is 27.3 Å². The summed E-state index contributed by atoms with van der Waals surface area (Å²) in [5, 5.41) is 10.3. The van der Waals surface area contributed by atoms with Crippen LogP contribution in [0.4, 0.5) is 0 Å². The van der Waals surface area contributed by atoms with E-state index in [1.165, 1.54) is 20.6 Å². The van der Waals surface area contributed by atoms with Crippen molar-refractivity contribution in [2.45, 2.75) is 39.7 Å². The second-order valence-electron chi connectivity index (χ2n) is 5.12. The largest absolute Gasteiger partial charge is 0.309 e. The molecule has 0 aliphatic rings. The number of hydrogen-bond donors (Lipinski definition) is 1. The van der Waals surface area contributed by atoms with Crippen molar-refractivity contribution in [2.75, 3.05) is 6.54 Å². The first-order valence-corrected chi connectivity index (χ1v) is 8.67. The molecule has 0 saturated carbocycles. The lowest BCUT2D eigenvalue weighted by atomic mass is 10.0. The highest BCUT2D eigenvalue weighted by Crippen LogP contribution is 2.32. The zero-order valence-corrected chi connectivity index (χ0v) is 14.9. The molecule has 2 aromatic heterocycles. The van der Waals surface area contributed by atoms with Gasteiger partial charge in [0.1, 0.15) is 0 Å². The Kier molecular flexibility index (Phi) is 5.41. The van der Waals surface area contributed by atoms with E-state index in [-0.39, 0.29) is 0 Å². The number of aryl methyl sites for hydroxylation is 2. The van der Waals surface area contributed by atoms with Gasteiger partial charge in [0.15, 0.2) is 0 Å². The summed E-state index contributed by atoms with van der Waals surface area (Å²) in [6.45, 7) is 7.49. The Balaban J connectivity index is 2.26. The maximum Gasteiger partial charge on any atom is 0.0629 e. The molecule has 3 nitrogen and oxygen atoms in total. The minimum Gasteiger partial charge on any atom is -0.309 e. The monoisotopic (exact) mass is 355 g/mol. The fourth-order valence-corrected chi connectivity index (χ4v) is 4.17. The van der Waals surface area contributed by atoms with Gasteiger partial charge in [-0.1, -0.05) is 6.92 Å². The lowest BCUT2D eigenvalue weighted by Crippen LogP contribution is -2.24. The second kappa shape index (κ2) is 6.87. The van der Waals surface area contributed by atoms with Gasteiger partial charge in [0, 0.05) is 28.1 Å². The number of thiophene rings is 1. The van der Waals surface area contributed by atoms with E-state index in [0.717, 1.165) is 25.1 Å². The molecule has 2 aromatic rings. The standard InChI is InChI=1S/C15H22BrN3S/c1-5-7-17-14(15-13(16)6-8-20-15)9-12-10(2)18-19(4)11(12)3/h6,8,14,17H,5,7,9H2,1-4H3. The Morgan fingerprint density at radius 2 is 2.20 bits per heavy atom. The van der Waals surface area contributed by atoms with Gasteiger partial charge in [0.05, 0.1) is 5.69 Å². The Morgan fingerprint density at radius 3 is 2.70 bits per heavy atom. The molecule has 1 atom stereocenters. The van der Waals surface area contributed by atoms with Crippen LogP contribution in [0.5, 0.6) is 0 Å². The van der Waals surface area contributed by atoms with E-state index in [1.807, 2.05) is 23.1 Å². The van der Waals surface area contributed by atoms with E-state index >= 15 is 0 Å². The summed E-state index contributed by atoms with van der Waals surface area (Å²) in [6.07, 6.45) is 2.13. The SMILES string of the molecule is CCCNC(Cc1c(C)nn(C)c1C)c1sccc1Br. The third-order valence-corrected chi connectivity index (χ3v) is 5.65. The number of rotatable bonds is 6. The normalized spacial score (nSPS) is 12.8. The molecule has 0 aliphatic heterocycles. The Morgan fingerprint density at radius 1 is 1.45 bits per heavy atom. The molecule has 0 aromatic carbocycles. The van der Waals surface area contributed by atoms with Crippen LogP contribution in [0.2, 0.25) is 0 Å². The summed E-state index contributed by atoms with van der Waals surface area (Å²) in [5.41, 5.74) is 3.76. The van der Waals surface area contributed by atoms with E-state index < -0.39 is 0 Å². The van der Waals surface area contributed by atoms with Crippen LogP contribution in [0.1, 0.15) is 41.2 Å². The Hall–Kier alpha value is -0.650. The van der Waals surface area contributed by atoms with Crippen molar-refractivity contribution in [3.63, 3.8) is 0 Å². The minimum atomic E-state index is 0.353. The van der Waals surface area contributed by atoms with Gasteiger partial charge in [0.2, 0.25) is 0 Å². The molecule has 0 saturated heterocycles. The fourth-order valence-electron chi connectivity index (χ4n) is 2.45. The first-order chi connectivity index (χ1) is 9.54. The summed E-state index contributed by atoms with van der Waals surface area (Å²) >= 11 is 5.47. The van der Waals surface area contributed by atoms with Crippen molar-refractivity contribution >= 4 is 27.3 Å². The van der Waals surface area contributed by atoms with Gasteiger partial charge < -0.3 is 5.32 Å². The Labute approximate surface area is 133 Å². The summed E-state index contributed by atoms with van der Waals surface area (Å²) < 4.78 is 3.18. The van der Waals surface area contributed by atoms with Gasteiger partial charge in [-0.05, 0) is 66.2 Å². The number of aromatic nitrogens is 2. The van der Waals surface area contributed by atoms with Crippen molar-refractivity contribution in [3.8, 4) is 0 Å². The smallest absolute Gasteiger partial charge is 0.0629 e. The van der Waals surface area contributed by atoms with Crippen molar-refractivity contribution in [3.05, 3.63) is 37.7 Å². The van der Waals surface area contributed by atoms with Gasteiger partial charge in [-0.25, -0.2) is 0 Å². The molecule has 2 rings (SSSR count). The van der Waals surface area contributed by atoms with Gasteiger partial charge in [-0.15, -0.1) is 11.3 Å². The topological polar surface area (TPSA) is 29.9 Å². The van der Waals surface area contributed by atoms with Gasteiger partial charge in [-0.3, -0.25) is 4.68 Å². The molecular formula is C15H22BrN3S. The number of halogens is 1. The van der Waals surface area contributed by atoms with Crippen LogP contribution in [0.25, 0.3) is 0 Å². The van der Waals surface area contributed by atoms with Crippen LogP contribution in [0.3, 0.4) is 0 Å². The van der Waals surface area contributed by atoms with Crippen LogP contribution in [-0.2, 0) is 13.5 Å². The summed E-state index contributed by atoms with van der Waals surface area (Å²) in [5.74, 6) is 0. The van der Waals surface area contributed by atoms with Gasteiger partial charge in [-0.2, -0.15) is 5.10 Å². The molecule has 1 unspecified atom stereocenters. The molecule has 0 amide bonds. The van der Waals surface area contributed by atoms with Gasteiger partial charge >= 0.3 is 0 Å². The molecule has 2 heterocycles. The van der Waals surface area contributed by atoms with Crippen molar-refractivity contribution in [1.82, 2.24) is 15.1 Å². The van der Waals surface area contributed by atoms with Crippen LogP contribution < -0.4 is 5.32 Å². The number of nitrogens with zero attached hydrogens (tertiary/aromatic N) is 2. The third-order valence-electron chi connectivity index (χ3n) is 3.67. The van der Waals surface area contributed by atoms with Gasteiger partial charge in [0.25, 0.3) is 0 Å². The highest BCUT2D eigenvalue weighted by molar-refractivity contribution is 9.10. The molecule has 0 spiro atoms. The predicted octanol–water partition coefficient (Wildman–Crippen LogP) is 4.14. The Bertz CT molecular complexity index is 574. The molecular weight excluding hydrogens is 334 g/mol. The van der Waals surface area contributed by atoms with E-state index in [1.54, 1.807) is 0 Å².